The van der Waals surface area contributed by atoms with Gasteiger partial charge in [0.05, 0.1) is 6.54 Å². The molecule has 0 aromatic heterocycles. The second-order valence-electron chi connectivity index (χ2n) is 6.22. The van der Waals surface area contributed by atoms with Crippen LogP contribution in [-0.4, -0.2) is 49.1 Å². The van der Waals surface area contributed by atoms with Gasteiger partial charge < -0.3 is 21.7 Å². The van der Waals surface area contributed by atoms with Gasteiger partial charge in [0.1, 0.15) is 6.04 Å². The van der Waals surface area contributed by atoms with Crippen LogP contribution in [0.5, 0.6) is 0 Å². The Balaban J connectivity index is 1.99. The van der Waals surface area contributed by atoms with Crippen molar-refractivity contribution in [1.29, 1.82) is 0 Å². The summed E-state index contributed by atoms with van der Waals surface area (Å²) < 4.78 is 0. The SMILES string of the molecule is CNCC(=O)Nc1ccc(C#Cc2ccc(C(=O)N[C@@H](CN)C(=O)NO)cc2)cc1. The predicted octanol–water partition coefficient (Wildman–Crippen LogP) is -0.193. The molecule has 7 N–H and O–H groups in total. The molecule has 0 unspecified atom stereocenters. The number of hydrogen-bond donors (Lipinski definition) is 6. The molecule has 2 rings (SSSR count). The Morgan fingerprint density at radius 1 is 1.00 bits per heavy atom. The third-order valence-electron chi connectivity index (χ3n) is 3.97. The van der Waals surface area contributed by atoms with Gasteiger partial charge in [0, 0.05) is 28.9 Å². The van der Waals surface area contributed by atoms with E-state index < -0.39 is 17.9 Å². The van der Waals surface area contributed by atoms with Crippen LogP contribution in [0, 0.1) is 11.8 Å². The predicted molar refractivity (Wildman–Crippen MR) is 112 cm³/mol. The van der Waals surface area contributed by atoms with Gasteiger partial charge in [-0.2, -0.15) is 0 Å². The molecule has 9 heteroatoms. The third kappa shape index (κ3) is 6.72. The van der Waals surface area contributed by atoms with Crippen molar-refractivity contribution in [2.24, 2.45) is 5.73 Å². The van der Waals surface area contributed by atoms with Crippen molar-refractivity contribution in [2.75, 3.05) is 25.5 Å². The van der Waals surface area contributed by atoms with Crippen LogP contribution >= 0.6 is 0 Å². The van der Waals surface area contributed by atoms with E-state index in [1.807, 2.05) is 0 Å². The summed E-state index contributed by atoms with van der Waals surface area (Å²) >= 11 is 0. The number of nitrogens with two attached hydrogens (primary N) is 1. The molecule has 2 aromatic carbocycles. The van der Waals surface area contributed by atoms with Gasteiger partial charge in [-0.25, -0.2) is 5.48 Å². The largest absolute Gasteiger partial charge is 0.339 e. The van der Waals surface area contributed by atoms with E-state index in [2.05, 4.69) is 27.8 Å². The monoisotopic (exact) mass is 409 g/mol. The highest BCUT2D eigenvalue weighted by molar-refractivity contribution is 5.97. The first-order valence-electron chi connectivity index (χ1n) is 9.08. The zero-order valence-electron chi connectivity index (χ0n) is 16.4. The third-order valence-corrected chi connectivity index (χ3v) is 3.97. The highest BCUT2D eigenvalue weighted by atomic mass is 16.5. The number of benzene rings is 2. The fraction of sp³-hybridized carbons (Fsp3) is 0.190. The fourth-order valence-corrected chi connectivity index (χ4v) is 2.40. The van der Waals surface area contributed by atoms with E-state index in [1.54, 1.807) is 55.6 Å². The van der Waals surface area contributed by atoms with Gasteiger partial charge in [0.15, 0.2) is 0 Å². The van der Waals surface area contributed by atoms with E-state index in [-0.39, 0.29) is 19.0 Å². The molecule has 1 atom stereocenters. The zero-order valence-corrected chi connectivity index (χ0v) is 16.4. The lowest BCUT2D eigenvalue weighted by Crippen LogP contribution is -2.50. The van der Waals surface area contributed by atoms with E-state index in [1.165, 1.54) is 5.48 Å². The van der Waals surface area contributed by atoms with Crippen molar-refractivity contribution < 1.29 is 19.6 Å². The number of nitrogens with one attached hydrogen (secondary N) is 4. The summed E-state index contributed by atoms with van der Waals surface area (Å²) in [5.74, 6) is 4.58. The smallest absolute Gasteiger partial charge is 0.267 e. The lowest BCUT2D eigenvalue weighted by atomic mass is 10.1. The Labute approximate surface area is 174 Å². The standard InChI is InChI=1S/C21H23N5O4/c1-23-13-19(27)24-17-10-6-15(7-11-17)3-2-14-4-8-16(9-5-14)20(28)25-18(12-22)21(29)26-30/h4-11,18,23,30H,12-13,22H2,1H3,(H,24,27)(H,25,28)(H,26,29)/t18-/m0/s1. The average molecular weight is 409 g/mol. The molecular formula is C21H23N5O4. The molecule has 9 nitrogen and oxygen atoms in total. The quantitative estimate of drug-likeness (QED) is 0.212. The maximum atomic E-state index is 12.2. The van der Waals surface area contributed by atoms with Crippen LogP contribution in [0.2, 0.25) is 0 Å². The van der Waals surface area contributed by atoms with Crippen molar-refractivity contribution >= 4 is 23.4 Å². The molecule has 0 saturated heterocycles. The molecule has 0 aliphatic heterocycles. The molecule has 0 aliphatic carbocycles. The van der Waals surface area contributed by atoms with Crippen molar-refractivity contribution in [3.05, 3.63) is 65.2 Å². The number of carbonyl (C=O) groups is 3. The summed E-state index contributed by atoms with van der Waals surface area (Å²) in [5.41, 5.74) is 9.34. The molecule has 0 fully saturated rings. The topological polar surface area (TPSA) is 146 Å². The first kappa shape index (κ1) is 22.6. The normalized spacial score (nSPS) is 10.9. The lowest BCUT2D eigenvalue weighted by Gasteiger charge is -2.14. The molecule has 0 bridgehead atoms. The van der Waals surface area contributed by atoms with Crippen LogP contribution < -0.4 is 27.2 Å². The van der Waals surface area contributed by atoms with Gasteiger partial charge in [-0.05, 0) is 55.6 Å². The number of carbonyl (C=O) groups excluding carboxylic acids is 3. The van der Waals surface area contributed by atoms with E-state index in [0.29, 0.717) is 16.8 Å². The van der Waals surface area contributed by atoms with Gasteiger partial charge >= 0.3 is 0 Å². The molecule has 0 spiro atoms. The Bertz CT molecular complexity index is 946. The van der Waals surface area contributed by atoms with E-state index in [0.717, 1.165) is 5.56 Å². The van der Waals surface area contributed by atoms with Gasteiger partial charge in [0.25, 0.3) is 11.8 Å². The number of amides is 3. The lowest BCUT2D eigenvalue weighted by molar-refractivity contribution is -0.130. The van der Waals surface area contributed by atoms with Crippen LogP contribution in [0.15, 0.2) is 48.5 Å². The molecular weight excluding hydrogens is 386 g/mol. The number of anilines is 1. The fourth-order valence-electron chi connectivity index (χ4n) is 2.40. The van der Waals surface area contributed by atoms with E-state index in [4.69, 9.17) is 10.9 Å². The summed E-state index contributed by atoms with van der Waals surface area (Å²) in [4.78, 5) is 35.1. The van der Waals surface area contributed by atoms with Crippen molar-refractivity contribution in [1.82, 2.24) is 16.1 Å². The number of likely N-dealkylation sites (N-methyl/N-ethyl adjacent to an activating group) is 1. The molecule has 0 aliphatic rings. The summed E-state index contributed by atoms with van der Waals surface area (Å²) in [6.45, 7) is 0.0801. The Morgan fingerprint density at radius 2 is 1.57 bits per heavy atom. The van der Waals surface area contributed by atoms with Crippen molar-refractivity contribution in [2.45, 2.75) is 6.04 Å². The summed E-state index contributed by atoms with van der Waals surface area (Å²) in [5, 5.41) is 16.6. The van der Waals surface area contributed by atoms with Crippen LogP contribution in [0.4, 0.5) is 5.69 Å². The van der Waals surface area contributed by atoms with Crippen LogP contribution in [-0.2, 0) is 9.59 Å². The molecule has 0 radical (unpaired) electrons. The summed E-state index contributed by atoms with van der Waals surface area (Å²) in [6, 6.07) is 12.6. The Morgan fingerprint density at radius 3 is 2.07 bits per heavy atom. The zero-order chi connectivity index (χ0) is 21.9. The highest BCUT2D eigenvalue weighted by Crippen LogP contribution is 2.09. The van der Waals surface area contributed by atoms with Crippen molar-refractivity contribution in [3.63, 3.8) is 0 Å². The second-order valence-corrected chi connectivity index (χ2v) is 6.22. The van der Waals surface area contributed by atoms with Crippen LogP contribution in [0.3, 0.4) is 0 Å². The molecule has 156 valence electrons. The Kier molecular flexibility index (Phi) is 8.53. The molecule has 0 saturated carbocycles. The van der Waals surface area contributed by atoms with Gasteiger partial charge in [-0.3, -0.25) is 19.6 Å². The van der Waals surface area contributed by atoms with E-state index >= 15 is 0 Å². The number of rotatable bonds is 7. The Hall–Kier alpha value is -3.71. The van der Waals surface area contributed by atoms with Crippen LogP contribution in [0.1, 0.15) is 21.5 Å². The minimum absolute atomic E-state index is 0.129. The molecule has 0 heterocycles. The first-order chi connectivity index (χ1) is 14.5. The molecule has 30 heavy (non-hydrogen) atoms. The van der Waals surface area contributed by atoms with Crippen LogP contribution in [0.25, 0.3) is 0 Å². The highest BCUT2D eigenvalue weighted by Gasteiger charge is 2.19. The minimum Gasteiger partial charge on any atom is -0.339 e. The minimum atomic E-state index is -1.03. The van der Waals surface area contributed by atoms with Gasteiger partial charge in [0.2, 0.25) is 5.91 Å². The van der Waals surface area contributed by atoms with Crippen molar-refractivity contribution in [3.8, 4) is 11.8 Å². The van der Waals surface area contributed by atoms with Gasteiger partial charge in [-0.1, -0.05) is 11.8 Å². The molecule has 2 aromatic rings. The maximum absolute atomic E-state index is 12.2. The summed E-state index contributed by atoms with van der Waals surface area (Å²) in [6.07, 6.45) is 0. The van der Waals surface area contributed by atoms with E-state index in [9.17, 15) is 14.4 Å². The molecule has 3 amide bonds. The number of hydroxylamine groups is 1. The maximum Gasteiger partial charge on any atom is 0.267 e. The summed E-state index contributed by atoms with van der Waals surface area (Å²) in [7, 11) is 1.70. The first-order valence-corrected chi connectivity index (χ1v) is 9.08. The second kappa shape index (κ2) is 11.3. The number of hydrogen-bond acceptors (Lipinski definition) is 6. The van der Waals surface area contributed by atoms with Gasteiger partial charge in [-0.15, -0.1) is 0 Å². The average Bonchev–Trinajstić information content (AvgIpc) is 2.76.